The number of aromatic nitrogens is 2. The van der Waals surface area contributed by atoms with Crippen LogP contribution >= 0.6 is 0 Å². The summed E-state index contributed by atoms with van der Waals surface area (Å²) < 4.78 is 0. The van der Waals surface area contributed by atoms with Crippen LogP contribution in [0, 0.1) is 18.3 Å². The Morgan fingerprint density at radius 1 is 1.53 bits per heavy atom. The molecule has 1 unspecified atom stereocenters. The van der Waals surface area contributed by atoms with E-state index in [9.17, 15) is 0 Å². The number of hydrogen-bond acceptors (Lipinski definition) is 6. The Labute approximate surface area is 113 Å². The largest absolute Gasteiger partial charge is 0.356 e. The number of anilines is 2. The summed E-state index contributed by atoms with van der Waals surface area (Å²) in [5, 5.41) is 8.81. The number of nitrogen functional groups attached to an aromatic ring is 1. The summed E-state index contributed by atoms with van der Waals surface area (Å²) in [6.07, 6.45) is 2.75. The molecule has 1 aliphatic rings. The van der Waals surface area contributed by atoms with Gasteiger partial charge in [-0.2, -0.15) is 5.26 Å². The van der Waals surface area contributed by atoms with Crippen molar-refractivity contribution in [2.24, 2.45) is 5.84 Å². The molecule has 2 rings (SSSR count). The fourth-order valence-corrected chi connectivity index (χ4v) is 2.01. The average Bonchev–Trinajstić information content (AvgIpc) is 3.23. The fourth-order valence-electron chi connectivity index (χ4n) is 2.01. The molecule has 1 aromatic rings. The molecule has 0 aromatic carbocycles. The minimum absolute atomic E-state index is 0.108. The van der Waals surface area contributed by atoms with Gasteiger partial charge in [-0.25, -0.2) is 15.8 Å². The zero-order valence-electron chi connectivity index (χ0n) is 11.6. The van der Waals surface area contributed by atoms with Crippen molar-refractivity contribution in [2.75, 3.05) is 17.4 Å². The summed E-state index contributed by atoms with van der Waals surface area (Å²) >= 11 is 0. The number of nitrogens with two attached hydrogens (primary N) is 1. The van der Waals surface area contributed by atoms with Crippen LogP contribution in [-0.4, -0.2) is 23.1 Å². The lowest BCUT2D eigenvalue weighted by molar-refractivity contribution is 0.686. The zero-order valence-corrected chi connectivity index (χ0v) is 11.6. The van der Waals surface area contributed by atoms with Crippen molar-refractivity contribution < 1.29 is 0 Å². The summed E-state index contributed by atoms with van der Waals surface area (Å²) in [4.78, 5) is 11.1. The molecule has 19 heavy (non-hydrogen) atoms. The molecular formula is C13H20N6. The molecule has 1 aromatic heterocycles. The topological polar surface area (TPSA) is 90.9 Å². The maximum absolute atomic E-state index is 8.81. The second kappa shape index (κ2) is 5.41. The van der Waals surface area contributed by atoms with Gasteiger partial charge in [0.2, 0.25) is 0 Å². The lowest BCUT2D eigenvalue weighted by atomic mass is 10.2. The molecule has 1 atom stereocenters. The number of nitrogens with zero attached hydrogens (tertiary/aromatic N) is 4. The molecule has 6 nitrogen and oxygen atoms in total. The van der Waals surface area contributed by atoms with Gasteiger partial charge in [-0.1, -0.05) is 0 Å². The Morgan fingerprint density at radius 3 is 2.74 bits per heavy atom. The number of hydrazine groups is 1. The van der Waals surface area contributed by atoms with E-state index in [1.54, 1.807) is 0 Å². The molecule has 6 heteroatoms. The molecule has 0 aliphatic heterocycles. The molecule has 0 bridgehead atoms. The fraction of sp³-hybridized carbons (Fsp3) is 0.615. The molecule has 0 radical (unpaired) electrons. The Morgan fingerprint density at radius 2 is 2.21 bits per heavy atom. The van der Waals surface area contributed by atoms with Gasteiger partial charge >= 0.3 is 0 Å². The van der Waals surface area contributed by atoms with Crippen molar-refractivity contribution in [3.8, 4) is 6.07 Å². The van der Waals surface area contributed by atoms with E-state index < -0.39 is 0 Å². The summed E-state index contributed by atoms with van der Waals surface area (Å²) in [5.74, 6) is 8.37. The highest BCUT2D eigenvalue weighted by atomic mass is 15.3. The molecule has 0 amide bonds. The lowest BCUT2D eigenvalue weighted by Gasteiger charge is -2.26. The van der Waals surface area contributed by atoms with Crippen LogP contribution in [0.5, 0.6) is 0 Å². The molecule has 3 N–H and O–H groups in total. The first kappa shape index (κ1) is 13.6. The van der Waals surface area contributed by atoms with Crippen molar-refractivity contribution in [3.05, 3.63) is 11.4 Å². The van der Waals surface area contributed by atoms with Crippen LogP contribution in [0.1, 0.15) is 43.5 Å². The first-order chi connectivity index (χ1) is 9.08. The maximum atomic E-state index is 8.81. The van der Waals surface area contributed by atoms with E-state index in [0.717, 1.165) is 30.0 Å². The van der Waals surface area contributed by atoms with Crippen molar-refractivity contribution >= 4 is 11.6 Å². The summed E-state index contributed by atoms with van der Waals surface area (Å²) in [7, 11) is 1.95. The van der Waals surface area contributed by atoms with E-state index in [-0.39, 0.29) is 6.04 Å². The second-order valence-electron chi connectivity index (χ2n) is 5.12. The highest BCUT2D eigenvalue weighted by molar-refractivity contribution is 5.58. The Hall–Kier alpha value is -1.87. The Balaban J connectivity index is 2.37. The van der Waals surface area contributed by atoms with E-state index in [4.69, 9.17) is 11.1 Å². The molecule has 1 saturated carbocycles. The number of rotatable bonds is 5. The van der Waals surface area contributed by atoms with Crippen molar-refractivity contribution in [1.29, 1.82) is 5.26 Å². The van der Waals surface area contributed by atoms with E-state index in [1.165, 1.54) is 0 Å². The normalized spacial score (nSPS) is 15.7. The van der Waals surface area contributed by atoms with Crippen LogP contribution in [0.25, 0.3) is 0 Å². The minimum atomic E-state index is 0.108. The quantitative estimate of drug-likeness (QED) is 0.618. The highest BCUT2D eigenvalue weighted by Gasteiger charge is 2.29. The van der Waals surface area contributed by atoms with Gasteiger partial charge in [0.15, 0.2) is 0 Å². The smallest absolute Gasteiger partial charge is 0.148 e. The number of nitriles is 1. The van der Waals surface area contributed by atoms with Crippen molar-refractivity contribution in [2.45, 2.75) is 45.1 Å². The zero-order chi connectivity index (χ0) is 14.0. The predicted octanol–water partition coefficient (Wildman–Crippen LogP) is 1.69. The first-order valence-corrected chi connectivity index (χ1v) is 6.53. The molecule has 102 valence electrons. The van der Waals surface area contributed by atoms with E-state index in [1.807, 2.05) is 25.8 Å². The predicted molar refractivity (Wildman–Crippen MR) is 74.6 cm³/mol. The van der Waals surface area contributed by atoms with Crippen molar-refractivity contribution in [1.82, 2.24) is 9.97 Å². The molecule has 1 heterocycles. The number of nitrogens with one attached hydrogen (secondary N) is 1. The van der Waals surface area contributed by atoms with E-state index in [2.05, 4.69) is 21.5 Å². The van der Waals surface area contributed by atoms with Gasteiger partial charge in [-0.15, -0.1) is 0 Å². The summed E-state index contributed by atoms with van der Waals surface area (Å²) in [5.41, 5.74) is 3.56. The van der Waals surface area contributed by atoms with Crippen molar-refractivity contribution in [3.63, 3.8) is 0 Å². The third-order valence-electron chi connectivity index (χ3n) is 3.60. The van der Waals surface area contributed by atoms with Crippen LogP contribution in [0.2, 0.25) is 0 Å². The lowest BCUT2D eigenvalue weighted by Crippen LogP contribution is -2.31. The average molecular weight is 260 g/mol. The van der Waals surface area contributed by atoms with Gasteiger partial charge in [0.05, 0.1) is 12.5 Å². The van der Waals surface area contributed by atoms with Gasteiger partial charge < -0.3 is 10.3 Å². The minimum Gasteiger partial charge on any atom is -0.356 e. The van der Waals surface area contributed by atoms with Crippen LogP contribution in [0.4, 0.5) is 11.6 Å². The first-order valence-electron chi connectivity index (χ1n) is 6.53. The summed E-state index contributed by atoms with van der Waals surface area (Å²) in [6, 6.07) is 2.30. The van der Waals surface area contributed by atoms with E-state index in [0.29, 0.717) is 18.2 Å². The molecule has 1 fully saturated rings. The molecule has 0 saturated heterocycles. The van der Waals surface area contributed by atoms with Crippen LogP contribution in [0.3, 0.4) is 0 Å². The SMILES string of the molecule is Cc1c(NN)nc(C2CC2)nc1N(C)C(C)CC#N. The molecule has 0 spiro atoms. The van der Waals surface area contributed by atoms with Crippen LogP contribution in [0.15, 0.2) is 0 Å². The highest BCUT2D eigenvalue weighted by Crippen LogP contribution is 2.40. The summed E-state index contributed by atoms with van der Waals surface area (Å²) in [6.45, 7) is 3.95. The maximum Gasteiger partial charge on any atom is 0.148 e. The number of hydrogen-bond donors (Lipinski definition) is 2. The van der Waals surface area contributed by atoms with Gasteiger partial charge in [-0.3, -0.25) is 0 Å². The van der Waals surface area contributed by atoms with Crippen LogP contribution < -0.4 is 16.2 Å². The molecular weight excluding hydrogens is 240 g/mol. The molecule has 1 aliphatic carbocycles. The van der Waals surface area contributed by atoms with Gasteiger partial charge in [0, 0.05) is 24.6 Å². The van der Waals surface area contributed by atoms with E-state index >= 15 is 0 Å². The van der Waals surface area contributed by atoms with Crippen LogP contribution in [-0.2, 0) is 0 Å². The second-order valence-corrected chi connectivity index (χ2v) is 5.12. The third-order valence-corrected chi connectivity index (χ3v) is 3.60. The Bertz CT molecular complexity index is 503. The van der Waals surface area contributed by atoms with Gasteiger partial charge in [-0.05, 0) is 26.7 Å². The monoisotopic (exact) mass is 260 g/mol. The van der Waals surface area contributed by atoms with Gasteiger partial charge in [0.1, 0.15) is 17.5 Å². The third kappa shape index (κ3) is 2.76. The van der Waals surface area contributed by atoms with Gasteiger partial charge in [0.25, 0.3) is 0 Å². The standard InChI is InChI=1S/C13H20N6/c1-8(6-7-14)19(3)13-9(2)11(18-15)16-12(17-13)10-4-5-10/h8,10H,4-6,15H2,1-3H3,(H,16,17,18). The Kier molecular flexibility index (Phi) is 3.86.